The van der Waals surface area contributed by atoms with Crippen LogP contribution in [0.1, 0.15) is 29.3 Å². The zero-order chi connectivity index (χ0) is 18.6. The van der Waals surface area contributed by atoms with E-state index in [0.717, 1.165) is 31.4 Å². The maximum absolute atomic E-state index is 12.7. The number of para-hydroxylation sites is 1. The van der Waals surface area contributed by atoms with Gasteiger partial charge < -0.3 is 4.90 Å². The quantitative estimate of drug-likeness (QED) is 0.669. The zero-order valence-electron chi connectivity index (χ0n) is 15.7. The fraction of sp³-hybridized carbons (Fsp3) is 0.364. The zero-order valence-corrected chi connectivity index (χ0v) is 16.5. The van der Waals surface area contributed by atoms with E-state index in [0.29, 0.717) is 19.0 Å². The molecule has 3 aromatic rings. The van der Waals surface area contributed by atoms with Crippen molar-refractivity contribution in [2.45, 2.75) is 25.3 Å². The van der Waals surface area contributed by atoms with E-state index >= 15 is 0 Å². The summed E-state index contributed by atoms with van der Waals surface area (Å²) in [5, 5.41) is 1.21. The van der Waals surface area contributed by atoms with Crippen molar-refractivity contribution < 1.29 is 4.79 Å². The van der Waals surface area contributed by atoms with E-state index in [-0.39, 0.29) is 5.91 Å². The van der Waals surface area contributed by atoms with E-state index < -0.39 is 0 Å². The van der Waals surface area contributed by atoms with Gasteiger partial charge in [0.1, 0.15) is 0 Å². The van der Waals surface area contributed by atoms with E-state index in [1.54, 1.807) is 11.3 Å². The highest BCUT2D eigenvalue weighted by molar-refractivity contribution is 7.18. The van der Waals surface area contributed by atoms with Gasteiger partial charge in [-0.2, -0.15) is 0 Å². The fourth-order valence-corrected chi connectivity index (χ4v) is 4.82. The number of hydrogen-bond acceptors (Lipinski definition) is 4. The number of likely N-dealkylation sites (N-methyl/N-ethyl adjacent to an activating group) is 1. The van der Waals surface area contributed by atoms with Crippen molar-refractivity contribution in [1.82, 2.24) is 14.8 Å². The summed E-state index contributed by atoms with van der Waals surface area (Å²) in [4.78, 5) is 21.6. The summed E-state index contributed by atoms with van der Waals surface area (Å²) < 4.78 is 1.25. The number of thiazole rings is 1. The van der Waals surface area contributed by atoms with Crippen LogP contribution in [-0.2, 0) is 11.3 Å². The molecule has 0 N–H and O–H groups in total. The molecule has 1 atom stereocenters. The molecular weight excluding hydrogens is 354 g/mol. The first-order valence-electron chi connectivity index (χ1n) is 9.55. The van der Waals surface area contributed by atoms with Crippen molar-refractivity contribution in [3.63, 3.8) is 0 Å². The van der Waals surface area contributed by atoms with Crippen LogP contribution in [0.4, 0.5) is 0 Å². The second-order valence-electron chi connectivity index (χ2n) is 7.33. The standard InChI is InChI=1S/C22H25N3OS/c1-24(14-17-8-3-2-4-9-17)21(26)16-25-13-7-10-18(15-25)22-23-19-11-5-6-12-20(19)27-22/h2-6,8-9,11-12,18H,7,10,13-16H2,1H3/t18-/m1/s1. The van der Waals surface area contributed by atoms with Crippen LogP contribution in [0.3, 0.4) is 0 Å². The van der Waals surface area contributed by atoms with Crippen LogP contribution in [0.2, 0.25) is 0 Å². The van der Waals surface area contributed by atoms with Gasteiger partial charge in [-0.25, -0.2) is 4.98 Å². The SMILES string of the molecule is CN(Cc1ccccc1)C(=O)CN1CCC[C@@H](c2nc3ccccc3s2)C1. The summed E-state index contributed by atoms with van der Waals surface area (Å²) in [7, 11) is 1.89. The first-order chi connectivity index (χ1) is 13.2. The Morgan fingerprint density at radius 1 is 1.19 bits per heavy atom. The number of aromatic nitrogens is 1. The monoisotopic (exact) mass is 379 g/mol. The molecule has 0 saturated carbocycles. The molecule has 0 radical (unpaired) electrons. The largest absolute Gasteiger partial charge is 0.340 e. The Hall–Kier alpha value is -2.24. The minimum atomic E-state index is 0.184. The highest BCUT2D eigenvalue weighted by atomic mass is 32.1. The molecule has 0 aliphatic carbocycles. The molecular formula is C22H25N3OS. The Balaban J connectivity index is 1.37. The molecule has 0 bridgehead atoms. The first kappa shape index (κ1) is 18.1. The minimum absolute atomic E-state index is 0.184. The second-order valence-corrected chi connectivity index (χ2v) is 8.39. The molecule has 1 aromatic heterocycles. The lowest BCUT2D eigenvalue weighted by atomic mass is 9.98. The first-order valence-corrected chi connectivity index (χ1v) is 10.4. The summed E-state index contributed by atoms with van der Waals surface area (Å²) in [5.41, 5.74) is 2.26. The van der Waals surface area contributed by atoms with Crippen LogP contribution in [0.5, 0.6) is 0 Å². The number of piperidine rings is 1. The number of carbonyl (C=O) groups excluding carboxylic acids is 1. The van der Waals surface area contributed by atoms with Crippen molar-refractivity contribution in [2.24, 2.45) is 0 Å². The maximum Gasteiger partial charge on any atom is 0.236 e. The topological polar surface area (TPSA) is 36.4 Å². The van der Waals surface area contributed by atoms with E-state index in [2.05, 4.69) is 35.2 Å². The average Bonchev–Trinajstić information content (AvgIpc) is 3.13. The second kappa shape index (κ2) is 8.19. The number of hydrogen-bond donors (Lipinski definition) is 0. The predicted molar refractivity (Wildman–Crippen MR) is 111 cm³/mol. The molecule has 0 unspecified atom stereocenters. The third-order valence-corrected chi connectivity index (χ3v) is 6.41. The summed E-state index contributed by atoms with van der Waals surface area (Å²) in [6.45, 7) is 3.07. The Morgan fingerprint density at radius 2 is 1.96 bits per heavy atom. The van der Waals surface area contributed by atoms with Gasteiger partial charge in [0.2, 0.25) is 5.91 Å². The van der Waals surface area contributed by atoms with Crippen LogP contribution in [0, 0.1) is 0 Å². The smallest absolute Gasteiger partial charge is 0.236 e. The highest BCUT2D eigenvalue weighted by Crippen LogP contribution is 2.32. The van der Waals surface area contributed by atoms with Crippen LogP contribution in [0.15, 0.2) is 54.6 Å². The number of fused-ring (bicyclic) bond motifs is 1. The third-order valence-electron chi connectivity index (χ3n) is 5.21. The molecule has 1 fully saturated rings. The van der Waals surface area contributed by atoms with Gasteiger partial charge >= 0.3 is 0 Å². The van der Waals surface area contributed by atoms with Crippen LogP contribution in [-0.4, -0.2) is 47.4 Å². The van der Waals surface area contributed by atoms with Gasteiger partial charge in [0.05, 0.1) is 21.8 Å². The summed E-state index contributed by atoms with van der Waals surface area (Å²) in [5.74, 6) is 0.618. The Kier molecular flexibility index (Phi) is 5.50. The number of carbonyl (C=O) groups is 1. The lowest BCUT2D eigenvalue weighted by Gasteiger charge is -2.32. The van der Waals surface area contributed by atoms with Gasteiger partial charge in [0, 0.05) is 26.1 Å². The molecule has 1 amide bonds. The lowest BCUT2D eigenvalue weighted by Crippen LogP contribution is -2.42. The highest BCUT2D eigenvalue weighted by Gasteiger charge is 2.26. The van der Waals surface area contributed by atoms with E-state index in [1.807, 2.05) is 36.2 Å². The molecule has 0 spiro atoms. The molecule has 4 rings (SSSR count). The molecule has 27 heavy (non-hydrogen) atoms. The van der Waals surface area contributed by atoms with Crippen LogP contribution in [0.25, 0.3) is 10.2 Å². The van der Waals surface area contributed by atoms with Crippen molar-refractivity contribution in [1.29, 1.82) is 0 Å². The van der Waals surface area contributed by atoms with Gasteiger partial charge in [-0.05, 0) is 37.1 Å². The van der Waals surface area contributed by atoms with Crippen molar-refractivity contribution in [3.8, 4) is 0 Å². The normalized spacial score (nSPS) is 17.9. The Morgan fingerprint density at radius 3 is 2.78 bits per heavy atom. The van der Waals surface area contributed by atoms with E-state index in [1.165, 1.54) is 15.3 Å². The number of amides is 1. The number of nitrogens with zero attached hydrogens (tertiary/aromatic N) is 3. The fourth-order valence-electron chi connectivity index (χ4n) is 3.72. The molecule has 2 aromatic carbocycles. The van der Waals surface area contributed by atoms with Crippen molar-refractivity contribution >= 4 is 27.5 Å². The number of likely N-dealkylation sites (tertiary alicyclic amines) is 1. The maximum atomic E-state index is 12.7. The number of rotatable bonds is 5. The van der Waals surface area contributed by atoms with Gasteiger partial charge in [-0.15, -0.1) is 11.3 Å². The predicted octanol–water partition coefficient (Wildman–Crippen LogP) is 4.13. The Bertz CT molecular complexity index is 875. The van der Waals surface area contributed by atoms with E-state index in [4.69, 9.17) is 4.98 Å². The summed E-state index contributed by atoms with van der Waals surface area (Å²) >= 11 is 1.80. The molecule has 2 heterocycles. The molecule has 1 aliphatic heterocycles. The molecule has 140 valence electrons. The summed E-state index contributed by atoms with van der Waals surface area (Å²) in [6.07, 6.45) is 2.28. The minimum Gasteiger partial charge on any atom is -0.340 e. The van der Waals surface area contributed by atoms with Gasteiger partial charge in [0.15, 0.2) is 0 Å². The van der Waals surface area contributed by atoms with E-state index in [9.17, 15) is 4.79 Å². The van der Waals surface area contributed by atoms with Crippen LogP contribution >= 0.6 is 11.3 Å². The van der Waals surface area contributed by atoms with Crippen molar-refractivity contribution in [3.05, 3.63) is 65.2 Å². The molecule has 1 saturated heterocycles. The Labute approximate surface area is 164 Å². The lowest BCUT2D eigenvalue weighted by molar-refractivity contribution is -0.131. The van der Waals surface area contributed by atoms with Crippen LogP contribution < -0.4 is 0 Å². The molecule has 4 nitrogen and oxygen atoms in total. The van der Waals surface area contributed by atoms with Gasteiger partial charge in [-0.1, -0.05) is 42.5 Å². The van der Waals surface area contributed by atoms with Gasteiger partial charge in [-0.3, -0.25) is 9.69 Å². The van der Waals surface area contributed by atoms with Crippen molar-refractivity contribution in [2.75, 3.05) is 26.7 Å². The molecule has 1 aliphatic rings. The third kappa shape index (κ3) is 4.37. The number of benzene rings is 2. The molecule has 5 heteroatoms. The summed E-state index contributed by atoms with van der Waals surface area (Å²) in [6, 6.07) is 18.5. The average molecular weight is 380 g/mol. The van der Waals surface area contributed by atoms with Gasteiger partial charge in [0.25, 0.3) is 0 Å².